The number of hydrogen-bond donors (Lipinski definition) is 0. The molecule has 3 aromatic carbocycles. The fourth-order valence-corrected chi connectivity index (χ4v) is 2.74. The molecule has 0 aromatic heterocycles. The van der Waals surface area contributed by atoms with E-state index in [1.807, 2.05) is 0 Å². The Balaban J connectivity index is 2.28. The van der Waals surface area contributed by atoms with Crippen molar-refractivity contribution in [3.05, 3.63) is 59.7 Å². The summed E-state index contributed by atoms with van der Waals surface area (Å²) >= 11 is 0. The Labute approximate surface area is 118 Å². The van der Waals surface area contributed by atoms with Crippen molar-refractivity contribution < 1.29 is 9.47 Å². The summed E-state index contributed by atoms with van der Waals surface area (Å²) in [5.41, 5.74) is 2.45. The number of rotatable bonds is 4. The van der Waals surface area contributed by atoms with Crippen molar-refractivity contribution in [2.24, 2.45) is 0 Å². The maximum absolute atomic E-state index is 5.29. The Bertz CT molecular complexity index is 681. The van der Waals surface area contributed by atoms with Crippen LogP contribution in [-0.2, 0) is 22.7 Å². The van der Waals surface area contributed by atoms with E-state index in [0.717, 1.165) is 0 Å². The SMILES string of the molecule is COCc1cccc2cc3c(COC)cccc3cc12. The minimum atomic E-state index is 0.639. The van der Waals surface area contributed by atoms with Gasteiger partial charge in [0.25, 0.3) is 0 Å². The summed E-state index contributed by atoms with van der Waals surface area (Å²) in [6.07, 6.45) is 0. The minimum absolute atomic E-state index is 0.639. The van der Waals surface area contributed by atoms with Crippen LogP contribution in [0.2, 0.25) is 0 Å². The molecular formula is C18H18O2. The third kappa shape index (κ3) is 2.28. The Morgan fingerprint density at radius 3 is 1.55 bits per heavy atom. The molecule has 2 nitrogen and oxygen atoms in total. The second-order valence-electron chi connectivity index (χ2n) is 4.99. The molecule has 0 amide bonds. The fraction of sp³-hybridized carbons (Fsp3) is 0.222. The van der Waals surface area contributed by atoms with Gasteiger partial charge in [0.05, 0.1) is 13.2 Å². The average molecular weight is 266 g/mol. The van der Waals surface area contributed by atoms with Gasteiger partial charge in [0.15, 0.2) is 0 Å². The molecular weight excluding hydrogens is 248 g/mol. The average Bonchev–Trinajstić information content (AvgIpc) is 2.47. The highest BCUT2D eigenvalue weighted by Gasteiger charge is 2.06. The van der Waals surface area contributed by atoms with Gasteiger partial charge >= 0.3 is 0 Å². The van der Waals surface area contributed by atoms with Crippen molar-refractivity contribution in [2.75, 3.05) is 14.2 Å². The molecule has 0 saturated heterocycles. The zero-order valence-electron chi connectivity index (χ0n) is 11.8. The molecule has 0 spiro atoms. The summed E-state index contributed by atoms with van der Waals surface area (Å²) in [7, 11) is 3.47. The standard InChI is InChI=1S/C18H18O2/c1-19-11-15-7-3-5-13-10-18-14(9-17(13)15)6-4-8-16(18)12-20-2/h3-10H,11-12H2,1-2H3. The van der Waals surface area contributed by atoms with Crippen LogP contribution in [0.4, 0.5) is 0 Å². The van der Waals surface area contributed by atoms with Crippen LogP contribution in [0.1, 0.15) is 11.1 Å². The molecule has 0 radical (unpaired) electrons. The predicted octanol–water partition coefficient (Wildman–Crippen LogP) is 4.29. The van der Waals surface area contributed by atoms with E-state index in [9.17, 15) is 0 Å². The van der Waals surface area contributed by atoms with Crippen LogP contribution < -0.4 is 0 Å². The molecule has 0 fully saturated rings. The molecule has 20 heavy (non-hydrogen) atoms. The number of hydrogen-bond acceptors (Lipinski definition) is 2. The van der Waals surface area contributed by atoms with Crippen molar-refractivity contribution in [3.63, 3.8) is 0 Å². The minimum Gasteiger partial charge on any atom is -0.380 e. The first kappa shape index (κ1) is 13.1. The normalized spacial score (nSPS) is 11.3. The summed E-state index contributed by atoms with van der Waals surface area (Å²) in [6, 6.07) is 17.2. The van der Waals surface area contributed by atoms with Gasteiger partial charge in [-0.3, -0.25) is 0 Å². The van der Waals surface area contributed by atoms with Crippen LogP contribution in [0.15, 0.2) is 48.5 Å². The molecule has 0 saturated carbocycles. The Hall–Kier alpha value is -1.90. The summed E-state index contributed by atoms with van der Waals surface area (Å²) < 4.78 is 10.6. The molecule has 0 bridgehead atoms. The van der Waals surface area contributed by atoms with Crippen LogP contribution in [0.5, 0.6) is 0 Å². The largest absolute Gasteiger partial charge is 0.380 e. The van der Waals surface area contributed by atoms with Gasteiger partial charge in [-0.1, -0.05) is 36.4 Å². The van der Waals surface area contributed by atoms with Crippen molar-refractivity contribution in [1.82, 2.24) is 0 Å². The number of benzene rings is 3. The second-order valence-corrected chi connectivity index (χ2v) is 4.99. The highest BCUT2D eigenvalue weighted by Crippen LogP contribution is 2.28. The smallest absolute Gasteiger partial charge is 0.0719 e. The summed E-state index contributed by atoms with van der Waals surface area (Å²) in [5, 5.41) is 5.01. The van der Waals surface area contributed by atoms with Crippen LogP contribution in [0, 0.1) is 0 Å². The maximum Gasteiger partial charge on any atom is 0.0719 e. The van der Waals surface area contributed by atoms with E-state index >= 15 is 0 Å². The molecule has 0 aliphatic carbocycles. The van der Waals surface area contributed by atoms with Crippen LogP contribution in [-0.4, -0.2) is 14.2 Å². The molecule has 0 N–H and O–H groups in total. The first-order chi connectivity index (χ1) is 9.83. The molecule has 0 heterocycles. The highest BCUT2D eigenvalue weighted by molar-refractivity contribution is 6.00. The van der Waals surface area contributed by atoms with Gasteiger partial charge in [0.2, 0.25) is 0 Å². The van der Waals surface area contributed by atoms with E-state index in [4.69, 9.17) is 9.47 Å². The molecule has 0 atom stereocenters. The first-order valence-corrected chi connectivity index (χ1v) is 6.74. The van der Waals surface area contributed by atoms with E-state index in [2.05, 4.69) is 48.5 Å². The summed E-state index contributed by atoms with van der Waals surface area (Å²) in [4.78, 5) is 0. The van der Waals surface area contributed by atoms with Crippen LogP contribution in [0.25, 0.3) is 21.5 Å². The summed E-state index contributed by atoms with van der Waals surface area (Å²) in [5.74, 6) is 0. The van der Waals surface area contributed by atoms with Gasteiger partial charge in [0.1, 0.15) is 0 Å². The van der Waals surface area contributed by atoms with Crippen molar-refractivity contribution in [2.45, 2.75) is 13.2 Å². The zero-order chi connectivity index (χ0) is 13.9. The number of methoxy groups -OCH3 is 2. The quantitative estimate of drug-likeness (QED) is 0.656. The Morgan fingerprint density at radius 1 is 0.700 bits per heavy atom. The Morgan fingerprint density at radius 2 is 1.15 bits per heavy atom. The molecule has 0 aliphatic heterocycles. The van der Waals surface area contributed by atoms with Gasteiger partial charge in [-0.05, 0) is 44.8 Å². The highest BCUT2D eigenvalue weighted by atomic mass is 16.5. The third-order valence-electron chi connectivity index (χ3n) is 3.66. The molecule has 3 rings (SSSR count). The second kappa shape index (κ2) is 5.61. The molecule has 3 aromatic rings. The third-order valence-corrected chi connectivity index (χ3v) is 3.66. The van der Waals surface area contributed by atoms with Gasteiger partial charge < -0.3 is 9.47 Å². The van der Waals surface area contributed by atoms with Crippen molar-refractivity contribution in [1.29, 1.82) is 0 Å². The fourth-order valence-electron chi connectivity index (χ4n) is 2.74. The van der Waals surface area contributed by atoms with Gasteiger partial charge in [-0.2, -0.15) is 0 Å². The number of ether oxygens (including phenoxy) is 2. The van der Waals surface area contributed by atoms with E-state index in [1.165, 1.54) is 32.7 Å². The van der Waals surface area contributed by atoms with E-state index < -0.39 is 0 Å². The lowest BCUT2D eigenvalue weighted by molar-refractivity contribution is 0.186. The lowest BCUT2D eigenvalue weighted by atomic mass is 9.97. The van der Waals surface area contributed by atoms with Crippen molar-refractivity contribution >= 4 is 21.5 Å². The van der Waals surface area contributed by atoms with Crippen molar-refractivity contribution in [3.8, 4) is 0 Å². The maximum atomic E-state index is 5.29. The lowest BCUT2D eigenvalue weighted by Gasteiger charge is -2.10. The Kier molecular flexibility index (Phi) is 3.68. The number of fused-ring (bicyclic) bond motifs is 2. The lowest BCUT2D eigenvalue weighted by Crippen LogP contribution is -1.92. The zero-order valence-corrected chi connectivity index (χ0v) is 11.8. The molecule has 102 valence electrons. The van der Waals surface area contributed by atoms with E-state index in [0.29, 0.717) is 13.2 Å². The van der Waals surface area contributed by atoms with E-state index in [-0.39, 0.29) is 0 Å². The molecule has 0 unspecified atom stereocenters. The van der Waals surface area contributed by atoms with Crippen LogP contribution in [0.3, 0.4) is 0 Å². The van der Waals surface area contributed by atoms with Crippen LogP contribution >= 0.6 is 0 Å². The predicted molar refractivity (Wildman–Crippen MR) is 82.9 cm³/mol. The topological polar surface area (TPSA) is 18.5 Å². The molecule has 0 aliphatic rings. The van der Waals surface area contributed by atoms with Gasteiger partial charge in [-0.15, -0.1) is 0 Å². The summed E-state index contributed by atoms with van der Waals surface area (Å²) in [6.45, 7) is 1.28. The first-order valence-electron chi connectivity index (χ1n) is 6.74. The van der Waals surface area contributed by atoms with Gasteiger partial charge in [-0.25, -0.2) is 0 Å². The molecule has 2 heteroatoms. The van der Waals surface area contributed by atoms with Gasteiger partial charge in [0, 0.05) is 14.2 Å². The van der Waals surface area contributed by atoms with E-state index in [1.54, 1.807) is 14.2 Å². The monoisotopic (exact) mass is 266 g/mol.